The zero-order valence-corrected chi connectivity index (χ0v) is 15.8. The van der Waals surface area contributed by atoms with E-state index >= 15 is 0 Å². The van der Waals surface area contributed by atoms with E-state index in [2.05, 4.69) is 29.2 Å². The highest BCUT2D eigenvalue weighted by molar-refractivity contribution is 6.30. The van der Waals surface area contributed by atoms with Crippen LogP contribution in [0.2, 0.25) is 5.02 Å². The van der Waals surface area contributed by atoms with Gasteiger partial charge < -0.3 is 4.90 Å². The average Bonchev–Trinajstić information content (AvgIpc) is 3.39. The van der Waals surface area contributed by atoms with Crippen molar-refractivity contribution < 1.29 is 4.79 Å². The Bertz CT molecular complexity index is 818. The van der Waals surface area contributed by atoms with Gasteiger partial charge in [0.1, 0.15) is 0 Å². The van der Waals surface area contributed by atoms with E-state index in [-0.39, 0.29) is 5.41 Å². The predicted octanol–water partition coefficient (Wildman–Crippen LogP) is 4.78. The van der Waals surface area contributed by atoms with Crippen LogP contribution in [0.25, 0.3) is 0 Å². The summed E-state index contributed by atoms with van der Waals surface area (Å²) in [6.07, 6.45) is 6.58. The lowest BCUT2D eigenvalue weighted by atomic mass is 9.75. The van der Waals surface area contributed by atoms with Crippen molar-refractivity contribution in [2.45, 2.75) is 43.9 Å². The van der Waals surface area contributed by atoms with Gasteiger partial charge in [0.2, 0.25) is 5.91 Å². The van der Waals surface area contributed by atoms with E-state index in [0.717, 1.165) is 49.4 Å². The van der Waals surface area contributed by atoms with Gasteiger partial charge in [-0.25, -0.2) is 0 Å². The van der Waals surface area contributed by atoms with Gasteiger partial charge in [0, 0.05) is 18.1 Å². The molecule has 1 heterocycles. The Morgan fingerprint density at radius 2 is 1.42 bits per heavy atom. The van der Waals surface area contributed by atoms with Crippen LogP contribution in [-0.4, -0.2) is 23.9 Å². The maximum Gasteiger partial charge on any atom is 0.233 e. The molecule has 0 radical (unpaired) electrons. The fraction of sp³-hybridized carbons (Fsp3) is 0.435. The molecule has 0 aromatic heterocycles. The molecule has 2 fully saturated rings. The highest BCUT2D eigenvalue weighted by Gasteiger charge is 2.54. The van der Waals surface area contributed by atoms with Crippen molar-refractivity contribution in [3.63, 3.8) is 0 Å². The Morgan fingerprint density at radius 1 is 0.846 bits per heavy atom. The highest BCUT2D eigenvalue weighted by Crippen LogP contribution is 2.51. The van der Waals surface area contributed by atoms with Gasteiger partial charge in [-0.3, -0.25) is 4.79 Å². The number of rotatable bonds is 2. The molecule has 1 aliphatic heterocycles. The summed E-state index contributed by atoms with van der Waals surface area (Å²) in [7, 11) is 0. The summed E-state index contributed by atoms with van der Waals surface area (Å²) in [6, 6.07) is 16.7. The van der Waals surface area contributed by atoms with E-state index < -0.39 is 0 Å². The zero-order chi connectivity index (χ0) is 17.8. The third-order valence-electron chi connectivity index (χ3n) is 6.92. The molecule has 26 heavy (non-hydrogen) atoms. The van der Waals surface area contributed by atoms with Crippen LogP contribution < -0.4 is 0 Å². The van der Waals surface area contributed by atoms with Gasteiger partial charge in [0.05, 0.1) is 5.41 Å². The number of carbonyl (C=O) groups is 1. The molecule has 2 nitrogen and oxygen atoms in total. The maximum absolute atomic E-state index is 13.3. The van der Waals surface area contributed by atoms with Gasteiger partial charge in [-0.1, -0.05) is 48.0 Å². The first-order valence-electron chi connectivity index (χ1n) is 9.73. The first-order chi connectivity index (χ1) is 12.6. The summed E-state index contributed by atoms with van der Waals surface area (Å²) in [5, 5.41) is 0.734. The van der Waals surface area contributed by atoms with Crippen LogP contribution in [0.1, 0.15) is 42.4 Å². The molecule has 5 rings (SSSR count). The number of carbonyl (C=O) groups excluding carboxylic acids is 1. The topological polar surface area (TPSA) is 20.3 Å². The van der Waals surface area contributed by atoms with Crippen LogP contribution in [0.3, 0.4) is 0 Å². The normalized spacial score (nSPS) is 22.3. The number of likely N-dealkylation sites (tertiary alicyclic amines) is 1. The molecule has 2 aromatic rings. The minimum Gasteiger partial charge on any atom is -0.342 e. The third kappa shape index (κ3) is 2.58. The molecular formula is C23H24ClNO. The van der Waals surface area contributed by atoms with Crippen molar-refractivity contribution in [3.05, 3.63) is 70.2 Å². The molecule has 1 saturated heterocycles. The predicted molar refractivity (Wildman–Crippen MR) is 104 cm³/mol. The van der Waals surface area contributed by atoms with Crippen LogP contribution in [0.5, 0.6) is 0 Å². The second kappa shape index (κ2) is 5.85. The molecular weight excluding hydrogens is 342 g/mol. The van der Waals surface area contributed by atoms with Crippen LogP contribution >= 0.6 is 11.6 Å². The molecule has 1 saturated carbocycles. The molecule has 3 aliphatic rings. The van der Waals surface area contributed by atoms with Crippen molar-refractivity contribution in [3.8, 4) is 0 Å². The summed E-state index contributed by atoms with van der Waals surface area (Å²) in [4.78, 5) is 15.4. The second-order valence-electron chi connectivity index (χ2n) is 8.50. The monoisotopic (exact) mass is 365 g/mol. The van der Waals surface area contributed by atoms with E-state index in [9.17, 15) is 4.79 Å². The summed E-state index contributed by atoms with van der Waals surface area (Å²) in [6.45, 7) is 1.81. The van der Waals surface area contributed by atoms with Crippen molar-refractivity contribution in [1.82, 2.24) is 4.90 Å². The molecule has 0 bridgehead atoms. The Balaban J connectivity index is 1.29. The number of benzene rings is 2. The average molecular weight is 366 g/mol. The number of amides is 1. The number of hydrogen-bond acceptors (Lipinski definition) is 1. The molecule has 1 spiro atoms. The van der Waals surface area contributed by atoms with Crippen LogP contribution in [-0.2, 0) is 23.1 Å². The molecule has 2 aliphatic carbocycles. The number of nitrogens with zero attached hydrogens (tertiary/aromatic N) is 1. The van der Waals surface area contributed by atoms with Gasteiger partial charge in [0.15, 0.2) is 0 Å². The molecule has 0 unspecified atom stereocenters. The van der Waals surface area contributed by atoms with E-state index in [1.165, 1.54) is 24.0 Å². The van der Waals surface area contributed by atoms with Crippen molar-refractivity contribution in [1.29, 1.82) is 0 Å². The van der Waals surface area contributed by atoms with Crippen molar-refractivity contribution in [2.75, 3.05) is 13.1 Å². The van der Waals surface area contributed by atoms with Crippen LogP contribution in [0.15, 0.2) is 48.5 Å². The Morgan fingerprint density at radius 3 is 1.96 bits per heavy atom. The Hall–Kier alpha value is -1.80. The van der Waals surface area contributed by atoms with Crippen LogP contribution in [0.4, 0.5) is 0 Å². The number of piperidine rings is 1. The first kappa shape index (κ1) is 16.4. The van der Waals surface area contributed by atoms with E-state index in [4.69, 9.17) is 11.6 Å². The second-order valence-corrected chi connectivity index (χ2v) is 8.94. The van der Waals surface area contributed by atoms with E-state index in [0.29, 0.717) is 11.3 Å². The Kier molecular flexibility index (Phi) is 3.69. The molecule has 2 aromatic carbocycles. The number of halogens is 1. The molecule has 0 atom stereocenters. The molecule has 0 N–H and O–H groups in total. The van der Waals surface area contributed by atoms with Gasteiger partial charge in [-0.05, 0) is 72.8 Å². The van der Waals surface area contributed by atoms with Crippen LogP contribution in [0, 0.1) is 5.41 Å². The smallest absolute Gasteiger partial charge is 0.233 e. The lowest BCUT2D eigenvalue weighted by molar-refractivity contribution is -0.136. The van der Waals surface area contributed by atoms with Crippen molar-refractivity contribution in [2.24, 2.45) is 5.41 Å². The Labute approximate surface area is 160 Å². The van der Waals surface area contributed by atoms with Crippen molar-refractivity contribution >= 4 is 17.5 Å². The minimum atomic E-state index is -0.270. The lowest BCUT2D eigenvalue weighted by Gasteiger charge is -2.40. The van der Waals surface area contributed by atoms with Gasteiger partial charge in [-0.2, -0.15) is 0 Å². The van der Waals surface area contributed by atoms with E-state index in [1.54, 1.807) is 0 Å². The first-order valence-corrected chi connectivity index (χ1v) is 10.1. The summed E-state index contributed by atoms with van der Waals surface area (Å²) in [5.74, 6) is 0.338. The zero-order valence-electron chi connectivity index (χ0n) is 15.0. The quantitative estimate of drug-likeness (QED) is 0.750. The SMILES string of the molecule is O=C(N1CCC2(CC1)Cc1ccccc1C2)C1(c2ccc(Cl)cc2)CC1. The largest absolute Gasteiger partial charge is 0.342 e. The summed E-state index contributed by atoms with van der Waals surface area (Å²) in [5.41, 5.74) is 4.30. The van der Waals surface area contributed by atoms with E-state index in [1.807, 2.05) is 24.3 Å². The minimum absolute atomic E-state index is 0.270. The van der Waals surface area contributed by atoms with Gasteiger partial charge in [-0.15, -0.1) is 0 Å². The molecule has 3 heteroatoms. The third-order valence-corrected chi connectivity index (χ3v) is 7.17. The summed E-state index contributed by atoms with van der Waals surface area (Å²) < 4.78 is 0. The fourth-order valence-corrected chi connectivity index (χ4v) is 5.26. The number of fused-ring (bicyclic) bond motifs is 1. The lowest BCUT2D eigenvalue weighted by Crippen LogP contribution is -2.47. The highest BCUT2D eigenvalue weighted by atomic mass is 35.5. The maximum atomic E-state index is 13.3. The van der Waals surface area contributed by atoms with Gasteiger partial charge >= 0.3 is 0 Å². The standard InChI is InChI=1S/C23H24ClNO/c24-20-7-5-19(6-8-20)23(9-10-23)21(26)25-13-11-22(12-14-25)15-17-3-1-2-4-18(17)16-22/h1-8H,9-16H2. The number of hydrogen-bond donors (Lipinski definition) is 0. The fourth-order valence-electron chi connectivity index (χ4n) is 5.13. The molecule has 1 amide bonds. The van der Waals surface area contributed by atoms with Gasteiger partial charge in [0.25, 0.3) is 0 Å². The molecule has 134 valence electrons. The summed E-state index contributed by atoms with van der Waals surface area (Å²) >= 11 is 6.02.